The smallest absolute Gasteiger partial charge is 0.267 e. The predicted octanol–water partition coefficient (Wildman–Crippen LogP) is -0.118. The first-order valence-electron chi connectivity index (χ1n) is 4.00. The number of amides is 2. The van der Waals surface area contributed by atoms with Crippen molar-refractivity contribution in [1.82, 2.24) is 9.88 Å². The highest BCUT2D eigenvalue weighted by atomic mass is 16.2. The van der Waals surface area contributed by atoms with Gasteiger partial charge in [-0.15, -0.1) is 0 Å². The van der Waals surface area contributed by atoms with E-state index in [1.807, 2.05) is 0 Å². The second kappa shape index (κ2) is 3.87. The zero-order chi connectivity index (χ0) is 10.7. The summed E-state index contributed by atoms with van der Waals surface area (Å²) in [5, 5.41) is 0. The van der Waals surface area contributed by atoms with Crippen molar-refractivity contribution in [3.63, 3.8) is 0 Å². The van der Waals surface area contributed by atoms with E-state index in [1.165, 1.54) is 23.2 Å². The van der Waals surface area contributed by atoms with Crippen LogP contribution in [0.2, 0.25) is 0 Å². The number of carbonyl (C=O) groups excluding carboxylic acids is 2. The van der Waals surface area contributed by atoms with Crippen LogP contribution < -0.4 is 5.73 Å². The van der Waals surface area contributed by atoms with E-state index in [2.05, 4.69) is 4.98 Å². The van der Waals surface area contributed by atoms with E-state index in [0.717, 1.165) is 0 Å². The Morgan fingerprint density at radius 2 is 2.07 bits per heavy atom. The van der Waals surface area contributed by atoms with Crippen LogP contribution in [0, 0.1) is 0 Å². The molecule has 1 rings (SSSR count). The molecule has 0 aromatic carbocycles. The Balaban J connectivity index is 3.06. The van der Waals surface area contributed by atoms with Gasteiger partial charge in [-0.25, -0.2) is 0 Å². The molecule has 1 heterocycles. The molecule has 0 radical (unpaired) electrons. The summed E-state index contributed by atoms with van der Waals surface area (Å²) in [7, 11) is 3.26. The van der Waals surface area contributed by atoms with Gasteiger partial charge in [-0.3, -0.25) is 14.6 Å². The van der Waals surface area contributed by atoms with E-state index in [-0.39, 0.29) is 11.6 Å². The van der Waals surface area contributed by atoms with Crippen molar-refractivity contribution in [3.05, 3.63) is 29.6 Å². The van der Waals surface area contributed by atoms with Gasteiger partial charge in [0.2, 0.25) is 0 Å². The maximum absolute atomic E-state index is 11.5. The molecule has 14 heavy (non-hydrogen) atoms. The van der Waals surface area contributed by atoms with Crippen LogP contribution >= 0.6 is 0 Å². The highest BCUT2D eigenvalue weighted by Crippen LogP contribution is 2.03. The molecule has 1 aromatic rings. The maximum atomic E-state index is 11.5. The minimum Gasteiger partial charge on any atom is -0.364 e. The van der Waals surface area contributed by atoms with Gasteiger partial charge in [0.25, 0.3) is 11.8 Å². The Hall–Kier alpha value is -1.91. The summed E-state index contributed by atoms with van der Waals surface area (Å²) in [5.41, 5.74) is 5.53. The van der Waals surface area contributed by atoms with E-state index < -0.39 is 5.91 Å². The second-order valence-corrected chi connectivity index (χ2v) is 2.99. The molecule has 74 valence electrons. The molecule has 0 aliphatic carbocycles. The summed E-state index contributed by atoms with van der Waals surface area (Å²) >= 11 is 0. The molecule has 0 aliphatic heterocycles. The van der Waals surface area contributed by atoms with Crippen molar-refractivity contribution in [2.75, 3.05) is 14.1 Å². The lowest BCUT2D eigenvalue weighted by Gasteiger charge is -2.09. The number of hydrogen-bond acceptors (Lipinski definition) is 3. The van der Waals surface area contributed by atoms with E-state index in [0.29, 0.717) is 5.56 Å². The topological polar surface area (TPSA) is 76.3 Å². The standard InChI is InChI=1S/C9H11N3O2/c1-12(2)9(14)6-3-4-11-7(5-6)8(10)13/h3-5H,1-2H3,(H2,10,13). The number of nitrogens with zero attached hydrogens (tertiary/aromatic N) is 2. The zero-order valence-corrected chi connectivity index (χ0v) is 8.02. The fourth-order valence-corrected chi connectivity index (χ4v) is 0.957. The van der Waals surface area contributed by atoms with Crippen molar-refractivity contribution in [2.24, 2.45) is 5.73 Å². The SMILES string of the molecule is CN(C)C(=O)c1ccnc(C(N)=O)c1. The molecule has 5 nitrogen and oxygen atoms in total. The molecule has 5 heteroatoms. The van der Waals surface area contributed by atoms with Gasteiger partial charge in [0.15, 0.2) is 0 Å². The van der Waals surface area contributed by atoms with Crippen LogP contribution in [-0.2, 0) is 0 Å². The van der Waals surface area contributed by atoms with Crippen LogP contribution in [0.25, 0.3) is 0 Å². The van der Waals surface area contributed by atoms with Crippen LogP contribution in [0.3, 0.4) is 0 Å². The Morgan fingerprint density at radius 1 is 1.43 bits per heavy atom. The summed E-state index contributed by atoms with van der Waals surface area (Å²) in [6.07, 6.45) is 1.39. The van der Waals surface area contributed by atoms with Gasteiger partial charge >= 0.3 is 0 Å². The fourth-order valence-electron chi connectivity index (χ4n) is 0.957. The maximum Gasteiger partial charge on any atom is 0.267 e. The van der Waals surface area contributed by atoms with E-state index in [1.54, 1.807) is 14.1 Å². The number of rotatable bonds is 2. The third kappa shape index (κ3) is 2.07. The molecule has 2 N–H and O–H groups in total. The number of aromatic nitrogens is 1. The Bertz CT molecular complexity index is 374. The van der Waals surface area contributed by atoms with Crippen molar-refractivity contribution in [1.29, 1.82) is 0 Å². The lowest BCUT2D eigenvalue weighted by molar-refractivity contribution is 0.0827. The van der Waals surface area contributed by atoms with Gasteiger partial charge < -0.3 is 10.6 Å². The molecule has 0 aliphatic rings. The van der Waals surface area contributed by atoms with Crippen molar-refractivity contribution in [3.8, 4) is 0 Å². The first kappa shape index (κ1) is 10.2. The molecule has 0 saturated carbocycles. The summed E-state index contributed by atoms with van der Waals surface area (Å²) in [5.74, 6) is -0.826. The minimum atomic E-state index is -0.640. The van der Waals surface area contributed by atoms with Gasteiger partial charge in [0.1, 0.15) is 5.69 Å². The normalized spacial score (nSPS) is 9.57. The van der Waals surface area contributed by atoms with Crippen LogP contribution in [0.4, 0.5) is 0 Å². The first-order valence-corrected chi connectivity index (χ1v) is 4.00. The van der Waals surface area contributed by atoms with Gasteiger partial charge in [-0.1, -0.05) is 0 Å². The van der Waals surface area contributed by atoms with Crippen LogP contribution in [0.1, 0.15) is 20.8 Å². The third-order valence-corrected chi connectivity index (χ3v) is 1.67. The molecule has 0 spiro atoms. The highest BCUT2D eigenvalue weighted by Gasteiger charge is 2.10. The number of primary amides is 1. The first-order chi connectivity index (χ1) is 6.52. The molecule has 0 fully saturated rings. The summed E-state index contributed by atoms with van der Waals surface area (Å²) < 4.78 is 0. The van der Waals surface area contributed by atoms with E-state index in [9.17, 15) is 9.59 Å². The summed E-state index contributed by atoms with van der Waals surface area (Å²) in [6.45, 7) is 0. The quantitative estimate of drug-likeness (QED) is 0.711. The predicted molar refractivity (Wildman–Crippen MR) is 50.8 cm³/mol. The van der Waals surface area contributed by atoms with Crippen molar-refractivity contribution < 1.29 is 9.59 Å². The lowest BCUT2D eigenvalue weighted by atomic mass is 10.2. The van der Waals surface area contributed by atoms with Crippen LogP contribution in [0.5, 0.6) is 0 Å². The molecule has 0 bridgehead atoms. The van der Waals surface area contributed by atoms with Crippen molar-refractivity contribution in [2.45, 2.75) is 0 Å². The zero-order valence-electron chi connectivity index (χ0n) is 8.02. The third-order valence-electron chi connectivity index (χ3n) is 1.67. The lowest BCUT2D eigenvalue weighted by Crippen LogP contribution is -2.22. The number of hydrogen-bond donors (Lipinski definition) is 1. The van der Waals surface area contributed by atoms with E-state index in [4.69, 9.17) is 5.73 Å². The van der Waals surface area contributed by atoms with Crippen LogP contribution in [0.15, 0.2) is 18.3 Å². The molecule has 2 amide bonds. The fraction of sp³-hybridized carbons (Fsp3) is 0.222. The van der Waals surface area contributed by atoms with Crippen LogP contribution in [-0.4, -0.2) is 35.8 Å². The Kier molecular flexibility index (Phi) is 2.81. The number of pyridine rings is 1. The second-order valence-electron chi connectivity index (χ2n) is 2.99. The molecular weight excluding hydrogens is 182 g/mol. The van der Waals surface area contributed by atoms with Gasteiger partial charge in [-0.05, 0) is 12.1 Å². The average Bonchev–Trinajstić information content (AvgIpc) is 2.16. The minimum absolute atomic E-state index is 0.0951. The molecule has 0 saturated heterocycles. The average molecular weight is 193 g/mol. The summed E-state index contributed by atoms with van der Waals surface area (Å²) in [6, 6.07) is 2.92. The molecule has 0 atom stereocenters. The van der Waals surface area contributed by atoms with Crippen molar-refractivity contribution >= 4 is 11.8 Å². The largest absolute Gasteiger partial charge is 0.364 e. The summed E-state index contributed by atoms with van der Waals surface area (Å²) in [4.78, 5) is 27.4. The molecular formula is C9H11N3O2. The Labute approximate surface area is 81.5 Å². The van der Waals surface area contributed by atoms with Gasteiger partial charge in [-0.2, -0.15) is 0 Å². The highest BCUT2D eigenvalue weighted by molar-refractivity contribution is 5.97. The number of carbonyl (C=O) groups is 2. The monoisotopic (exact) mass is 193 g/mol. The molecule has 1 aromatic heterocycles. The Morgan fingerprint density at radius 3 is 2.57 bits per heavy atom. The van der Waals surface area contributed by atoms with Gasteiger partial charge in [0.05, 0.1) is 0 Å². The molecule has 0 unspecified atom stereocenters. The number of nitrogens with two attached hydrogens (primary N) is 1. The van der Waals surface area contributed by atoms with E-state index >= 15 is 0 Å². The van der Waals surface area contributed by atoms with Gasteiger partial charge in [0, 0.05) is 25.9 Å².